The first-order valence-corrected chi connectivity index (χ1v) is 43.1. The van der Waals surface area contributed by atoms with Gasteiger partial charge in [-0.25, -0.2) is 9.13 Å². The normalized spacial score (nSPS) is 14.6. The molecule has 594 valence electrons. The highest BCUT2D eigenvalue weighted by atomic mass is 31.2. The first kappa shape index (κ1) is 98.9. The van der Waals surface area contributed by atoms with Crippen LogP contribution in [0.3, 0.4) is 0 Å². The van der Waals surface area contributed by atoms with Crippen molar-refractivity contribution in [1.82, 2.24) is 0 Å². The maximum atomic E-state index is 13.1. The number of carbonyl (C=O) groups excluding carboxylic acids is 4. The number of aliphatic hydroxyl groups is 1. The Labute approximate surface area is 630 Å². The van der Waals surface area contributed by atoms with E-state index in [0.29, 0.717) is 25.7 Å². The Morgan fingerprint density at radius 2 is 0.519 bits per heavy atom. The second kappa shape index (κ2) is 76.1. The number of hydrogen-bond donors (Lipinski definition) is 3. The van der Waals surface area contributed by atoms with E-state index in [2.05, 4.69) is 174 Å². The van der Waals surface area contributed by atoms with Gasteiger partial charge >= 0.3 is 39.5 Å². The van der Waals surface area contributed by atoms with Gasteiger partial charge in [0.05, 0.1) is 26.4 Å². The van der Waals surface area contributed by atoms with Crippen LogP contribution >= 0.6 is 15.6 Å². The topological polar surface area (TPSA) is 237 Å². The van der Waals surface area contributed by atoms with Crippen LogP contribution in [0.1, 0.15) is 310 Å². The third kappa shape index (κ3) is 75.2. The summed E-state index contributed by atoms with van der Waals surface area (Å²) in [5, 5.41) is 10.6. The average molecular weight is 1500 g/mol. The number of rotatable bonds is 74. The molecule has 104 heavy (non-hydrogen) atoms. The Hall–Kier alpha value is -5.06. The van der Waals surface area contributed by atoms with E-state index in [-0.39, 0.29) is 25.7 Å². The van der Waals surface area contributed by atoms with Gasteiger partial charge in [-0.3, -0.25) is 37.3 Å². The minimum Gasteiger partial charge on any atom is -0.462 e. The Morgan fingerprint density at radius 1 is 0.279 bits per heavy atom. The second-order valence-electron chi connectivity index (χ2n) is 26.2. The van der Waals surface area contributed by atoms with Gasteiger partial charge in [0.25, 0.3) is 0 Å². The van der Waals surface area contributed by atoms with E-state index in [4.69, 9.17) is 37.0 Å². The smallest absolute Gasteiger partial charge is 0.462 e. The first-order chi connectivity index (χ1) is 50.7. The third-order valence-electron chi connectivity index (χ3n) is 16.2. The molecule has 0 amide bonds. The number of hydrogen-bond acceptors (Lipinski definition) is 15. The number of ether oxygens (including phenoxy) is 4. The van der Waals surface area contributed by atoms with Crippen LogP contribution in [0.4, 0.5) is 0 Å². The highest BCUT2D eigenvalue weighted by Gasteiger charge is 2.30. The Morgan fingerprint density at radius 3 is 0.808 bits per heavy atom. The second-order valence-corrected chi connectivity index (χ2v) is 29.1. The van der Waals surface area contributed by atoms with Crippen molar-refractivity contribution >= 4 is 39.5 Å². The Kier molecular flexibility index (Phi) is 72.4. The lowest BCUT2D eigenvalue weighted by Gasteiger charge is -2.21. The standard InChI is InChI=1S/C85H142O17P2/c1-5-9-13-17-21-25-29-33-36-38-39-41-44-47-50-54-58-62-66-70-83(88)96-76-81(102-85(90)72-68-64-60-56-52-48-42-35-31-27-23-19-15-11-7-3)78-100-104(93,94)98-74-79(86)73-97-103(91,92)99-77-80(101-84(89)71-67-63-59-55-51-45-32-28-24-20-16-12-8-4)75-95-82(87)69-65-61-57-53-49-46-43-40-37-34-30-26-22-18-14-10-6-2/h10-11,14-16,20-23,25-28,32-37,39,41-43,46,79-81,86H,5-9,12-13,17-19,24,29-31,38,40,44-45,47-78H2,1-4H3,(H,91,92)(H,93,94)/b14-10-,15-11-,20-16-,25-21-,26-22-,27-23-,32-28-,36-33-,37-34-,41-39-,42-35-,46-43-. The summed E-state index contributed by atoms with van der Waals surface area (Å²) in [7, 11) is -9.98. The molecule has 19 heteroatoms. The van der Waals surface area contributed by atoms with Crippen LogP contribution in [0.25, 0.3) is 0 Å². The highest BCUT2D eigenvalue weighted by Crippen LogP contribution is 2.45. The zero-order valence-electron chi connectivity index (χ0n) is 64.9. The number of esters is 4. The molecule has 17 nitrogen and oxygen atoms in total. The molecule has 0 aromatic heterocycles. The van der Waals surface area contributed by atoms with Gasteiger partial charge in [0.15, 0.2) is 12.2 Å². The molecule has 0 bridgehead atoms. The number of phosphoric ester groups is 2. The fourth-order valence-corrected chi connectivity index (χ4v) is 11.8. The van der Waals surface area contributed by atoms with Crippen LogP contribution < -0.4 is 0 Å². The minimum atomic E-state index is -4.99. The van der Waals surface area contributed by atoms with Crippen molar-refractivity contribution in [2.24, 2.45) is 0 Å². The average Bonchev–Trinajstić information content (AvgIpc) is 0.918. The zero-order chi connectivity index (χ0) is 76.0. The first-order valence-electron chi connectivity index (χ1n) is 40.1. The number of aliphatic hydroxyl groups excluding tert-OH is 1. The lowest BCUT2D eigenvalue weighted by Crippen LogP contribution is -2.30. The van der Waals surface area contributed by atoms with Crippen molar-refractivity contribution in [2.75, 3.05) is 39.6 Å². The Bertz CT molecular complexity index is 2540. The predicted molar refractivity (Wildman–Crippen MR) is 427 cm³/mol. The molecule has 0 aromatic rings. The maximum absolute atomic E-state index is 13.1. The molecule has 0 aliphatic carbocycles. The fraction of sp³-hybridized carbons (Fsp3) is 0.671. The number of phosphoric acid groups is 2. The van der Waals surface area contributed by atoms with Gasteiger partial charge in [0, 0.05) is 25.7 Å². The maximum Gasteiger partial charge on any atom is 0.472 e. The van der Waals surface area contributed by atoms with E-state index >= 15 is 0 Å². The van der Waals surface area contributed by atoms with Crippen LogP contribution in [0, 0.1) is 0 Å². The number of carbonyl (C=O) groups is 4. The number of allylic oxidation sites excluding steroid dienone is 24. The van der Waals surface area contributed by atoms with Gasteiger partial charge in [-0.1, -0.05) is 270 Å². The summed E-state index contributed by atoms with van der Waals surface area (Å²) in [6, 6.07) is 0. The van der Waals surface area contributed by atoms with Crippen molar-refractivity contribution in [3.63, 3.8) is 0 Å². The summed E-state index contributed by atoms with van der Waals surface area (Å²) in [5.74, 6) is -2.25. The summed E-state index contributed by atoms with van der Waals surface area (Å²) in [5.41, 5.74) is 0. The summed E-state index contributed by atoms with van der Waals surface area (Å²) < 4.78 is 68.6. The van der Waals surface area contributed by atoms with Gasteiger partial charge in [0.2, 0.25) is 0 Å². The summed E-state index contributed by atoms with van der Waals surface area (Å²) in [6.07, 6.45) is 86.8. The van der Waals surface area contributed by atoms with Crippen LogP contribution in [0.2, 0.25) is 0 Å². The summed E-state index contributed by atoms with van der Waals surface area (Å²) >= 11 is 0. The van der Waals surface area contributed by atoms with E-state index in [1.807, 2.05) is 0 Å². The molecular weight excluding hydrogens is 1350 g/mol. The van der Waals surface area contributed by atoms with Crippen molar-refractivity contribution < 1.29 is 80.2 Å². The van der Waals surface area contributed by atoms with E-state index in [1.165, 1.54) is 19.3 Å². The number of unbranched alkanes of at least 4 members (excludes halogenated alkanes) is 24. The highest BCUT2D eigenvalue weighted by molar-refractivity contribution is 7.47. The van der Waals surface area contributed by atoms with Crippen LogP contribution in [0.15, 0.2) is 146 Å². The molecule has 0 aliphatic heterocycles. The van der Waals surface area contributed by atoms with E-state index < -0.39 is 97.5 Å². The summed E-state index contributed by atoms with van der Waals surface area (Å²) in [4.78, 5) is 73.0. The molecule has 0 heterocycles. The molecule has 0 fully saturated rings. The molecule has 0 saturated carbocycles. The van der Waals surface area contributed by atoms with Crippen molar-refractivity contribution in [3.05, 3.63) is 146 Å². The quantitative estimate of drug-likeness (QED) is 0.0169. The van der Waals surface area contributed by atoms with Crippen LogP contribution in [0.5, 0.6) is 0 Å². The molecule has 3 N–H and O–H groups in total. The predicted octanol–water partition coefficient (Wildman–Crippen LogP) is 23.4. The molecule has 5 unspecified atom stereocenters. The molecule has 0 aromatic carbocycles. The Balaban J connectivity index is 5.40. The molecule has 0 radical (unpaired) electrons. The fourth-order valence-electron chi connectivity index (χ4n) is 10.2. The minimum absolute atomic E-state index is 0.0680. The van der Waals surface area contributed by atoms with Crippen LogP contribution in [-0.2, 0) is 65.4 Å². The van der Waals surface area contributed by atoms with E-state index in [9.17, 15) is 43.2 Å². The molecule has 0 aliphatic rings. The summed E-state index contributed by atoms with van der Waals surface area (Å²) in [6.45, 7) is 4.48. The molecule has 5 atom stereocenters. The lowest BCUT2D eigenvalue weighted by atomic mass is 10.1. The van der Waals surface area contributed by atoms with Gasteiger partial charge in [0.1, 0.15) is 19.3 Å². The SMILES string of the molecule is CC/C=C\C/C=C\C/C=C\C/C=C\CCCCCCC(=O)OCC(COP(=O)(O)OCC(O)COP(=O)(O)OCC(COC(=O)CCCCCCCC/C=C\C/C=C\C/C=C\CCCCC)OC(=O)CCCCCCC/C=C\C/C=C\C/C=C\CC)OC(=O)CCCCCCC/C=C\C/C=C\CCC. The third-order valence-corrected chi connectivity index (χ3v) is 18.2. The molecule has 0 spiro atoms. The van der Waals surface area contributed by atoms with Crippen molar-refractivity contribution in [3.8, 4) is 0 Å². The van der Waals surface area contributed by atoms with Gasteiger partial charge < -0.3 is 33.8 Å². The van der Waals surface area contributed by atoms with E-state index in [0.717, 1.165) is 212 Å². The molecular formula is C85H142O17P2. The largest absolute Gasteiger partial charge is 0.472 e. The monoisotopic (exact) mass is 1500 g/mol. The van der Waals surface area contributed by atoms with Crippen molar-refractivity contribution in [1.29, 1.82) is 0 Å². The van der Waals surface area contributed by atoms with Crippen molar-refractivity contribution in [2.45, 2.75) is 329 Å². The van der Waals surface area contributed by atoms with Gasteiger partial charge in [-0.15, -0.1) is 0 Å². The van der Waals surface area contributed by atoms with E-state index in [1.54, 1.807) is 0 Å². The molecule has 0 rings (SSSR count). The van der Waals surface area contributed by atoms with Gasteiger partial charge in [-0.05, 0) is 161 Å². The van der Waals surface area contributed by atoms with Crippen LogP contribution in [-0.4, -0.2) is 96.7 Å². The zero-order valence-corrected chi connectivity index (χ0v) is 66.7. The lowest BCUT2D eigenvalue weighted by molar-refractivity contribution is -0.161. The molecule has 0 saturated heterocycles. The van der Waals surface area contributed by atoms with Gasteiger partial charge in [-0.2, -0.15) is 0 Å².